The van der Waals surface area contributed by atoms with E-state index < -0.39 is 6.04 Å². The summed E-state index contributed by atoms with van der Waals surface area (Å²) >= 11 is 0. The van der Waals surface area contributed by atoms with Crippen LogP contribution in [0.15, 0.2) is 0 Å². The van der Waals surface area contributed by atoms with Crippen molar-refractivity contribution in [1.29, 1.82) is 0 Å². The normalized spacial score (nSPS) is 13.2. The van der Waals surface area contributed by atoms with E-state index in [2.05, 4.69) is 33.0 Å². The summed E-state index contributed by atoms with van der Waals surface area (Å²) in [7, 11) is 0. The highest BCUT2D eigenvalue weighted by Gasteiger charge is 2.13. The van der Waals surface area contributed by atoms with Gasteiger partial charge in [0.15, 0.2) is 0 Å². The fourth-order valence-corrected chi connectivity index (χ4v) is 1.31. The number of amides is 1. The molecule has 1 atom stereocenters. The van der Waals surface area contributed by atoms with Gasteiger partial charge in [-0.05, 0) is 18.3 Å². The highest BCUT2D eigenvalue weighted by Crippen LogP contribution is 2.02. The summed E-state index contributed by atoms with van der Waals surface area (Å²) in [5, 5.41) is 2.77. The molecule has 0 aliphatic rings. The van der Waals surface area contributed by atoms with Crippen molar-refractivity contribution in [2.45, 2.75) is 40.2 Å². The maximum atomic E-state index is 11.5. The molecule has 0 aromatic rings. The van der Waals surface area contributed by atoms with E-state index in [1.54, 1.807) is 0 Å². The van der Waals surface area contributed by atoms with Gasteiger partial charge < -0.3 is 15.8 Å². The summed E-state index contributed by atoms with van der Waals surface area (Å²) in [5.74, 6) is 0.888. The van der Waals surface area contributed by atoms with E-state index in [1.165, 1.54) is 0 Å². The number of ether oxygens (including phenoxy) is 1. The maximum Gasteiger partial charge on any atom is 0.237 e. The van der Waals surface area contributed by atoms with Crippen molar-refractivity contribution in [2.75, 3.05) is 19.8 Å². The van der Waals surface area contributed by atoms with Crippen LogP contribution < -0.4 is 11.1 Å². The first-order valence-electron chi connectivity index (χ1n) is 6.04. The van der Waals surface area contributed by atoms with Crippen LogP contribution in [0.2, 0.25) is 0 Å². The molecule has 96 valence electrons. The Balaban J connectivity index is 3.50. The van der Waals surface area contributed by atoms with E-state index in [-0.39, 0.29) is 5.91 Å². The second-order valence-corrected chi connectivity index (χ2v) is 5.00. The lowest BCUT2D eigenvalue weighted by Gasteiger charge is -2.14. The fourth-order valence-electron chi connectivity index (χ4n) is 1.31. The Kier molecular flexibility index (Phi) is 8.21. The number of nitrogens with two attached hydrogens (primary N) is 1. The molecule has 1 amide bonds. The van der Waals surface area contributed by atoms with Crippen molar-refractivity contribution >= 4 is 5.91 Å². The van der Waals surface area contributed by atoms with Crippen molar-refractivity contribution in [1.82, 2.24) is 5.32 Å². The van der Waals surface area contributed by atoms with Crippen LogP contribution >= 0.6 is 0 Å². The molecular weight excluding hydrogens is 204 g/mol. The largest absolute Gasteiger partial charge is 0.379 e. The van der Waals surface area contributed by atoms with Crippen molar-refractivity contribution in [3.05, 3.63) is 0 Å². The highest BCUT2D eigenvalue weighted by atomic mass is 16.5. The number of hydrogen-bond donors (Lipinski definition) is 2. The number of rotatable bonds is 8. The van der Waals surface area contributed by atoms with E-state index >= 15 is 0 Å². The predicted octanol–water partition coefficient (Wildman–Crippen LogP) is 1.15. The molecule has 0 saturated heterocycles. The van der Waals surface area contributed by atoms with Gasteiger partial charge in [-0.15, -0.1) is 0 Å². The summed E-state index contributed by atoms with van der Waals surface area (Å²) in [5.41, 5.74) is 5.73. The van der Waals surface area contributed by atoms with Crippen molar-refractivity contribution in [3.63, 3.8) is 0 Å². The topological polar surface area (TPSA) is 64.3 Å². The molecule has 4 nitrogen and oxygen atoms in total. The van der Waals surface area contributed by atoms with Crippen LogP contribution in [0.25, 0.3) is 0 Å². The predicted molar refractivity (Wildman–Crippen MR) is 66.1 cm³/mol. The first-order chi connectivity index (χ1) is 7.43. The van der Waals surface area contributed by atoms with E-state index in [4.69, 9.17) is 10.5 Å². The quantitative estimate of drug-likeness (QED) is 0.615. The van der Waals surface area contributed by atoms with Crippen molar-refractivity contribution < 1.29 is 9.53 Å². The molecule has 0 heterocycles. The molecule has 0 rings (SSSR count). The molecule has 0 aromatic carbocycles. The zero-order valence-electron chi connectivity index (χ0n) is 11.0. The Morgan fingerprint density at radius 2 is 1.88 bits per heavy atom. The monoisotopic (exact) mass is 230 g/mol. The van der Waals surface area contributed by atoms with E-state index in [9.17, 15) is 4.79 Å². The molecule has 16 heavy (non-hydrogen) atoms. The van der Waals surface area contributed by atoms with Gasteiger partial charge >= 0.3 is 0 Å². The number of hydrogen-bond acceptors (Lipinski definition) is 3. The first kappa shape index (κ1) is 15.4. The van der Waals surface area contributed by atoms with Gasteiger partial charge in [0, 0.05) is 13.2 Å². The van der Waals surface area contributed by atoms with Crippen molar-refractivity contribution in [3.8, 4) is 0 Å². The Labute approximate surface area is 98.9 Å². The van der Waals surface area contributed by atoms with Crippen LogP contribution in [0, 0.1) is 11.8 Å². The molecule has 0 aliphatic heterocycles. The van der Waals surface area contributed by atoms with Gasteiger partial charge in [-0.3, -0.25) is 4.79 Å². The average Bonchev–Trinajstić information content (AvgIpc) is 2.15. The third kappa shape index (κ3) is 8.68. The zero-order chi connectivity index (χ0) is 12.6. The van der Waals surface area contributed by atoms with E-state index in [1.807, 2.05) is 0 Å². The Hall–Kier alpha value is -0.610. The van der Waals surface area contributed by atoms with Crippen LogP contribution in [-0.2, 0) is 9.53 Å². The summed E-state index contributed by atoms with van der Waals surface area (Å²) in [6, 6.07) is -0.398. The highest BCUT2D eigenvalue weighted by molar-refractivity contribution is 5.81. The Bertz CT molecular complexity index is 193. The molecule has 0 aromatic heterocycles. The molecule has 0 bridgehead atoms. The molecule has 0 radical (unpaired) electrons. The van der Waals surface area contributed by atoms with Gasteiger partial charge in [0.2, 0.25) is 5.91 Å². The molecule has 4 heteroatoms. The lowest BCUT2D eigenvalue weighted by molar-refractivity contribution is -0.122. The second kappa shape index (κ2) is 8.53. The fraction of sp³-hybridized carbons (Fsp3) is 0.917. The summed E-state index contributed by atoms with van der Waals surface area (Å²) in [6.45, 7) is 10.1. The number of carbonyl (C=O) groups excluding carboxylic acids is 1. The van der Waals surface area contributed by atoms with Crippen LogP contribution in [0.1, 0.15) is 34.1 Å². The minimum atomic E-state index is -0.398. The molecule has 0 fully saturated rings. The van der Waals surface area contributed by atoms with Crippen LogP contribution in [0.4, 0.5) is 0 Å². The van der Waals surface area contributed by atoms with E-state index in [0.29, 0.717) is 25.0 Å². The van der Waals surface area contributed by atoms with Gasteiger partial charge in [0.1, 0.15) is 0 Å². The van der Waals surface area contributed by atoms with E-state index in [0.717, 1.165) is 13.0 Å². The number of nitrogens with one attached hydrogen (secondary N) is 1. The third-order valence-corrected chi connectivity index (χ3v) is 2.06. The summed E-state index contributed by atoms with van der Waals surface area (Å²) in [6.07, 6.45) is 0.721. The number of carbonyl (C=O) groups is 1. The smallest absolute Gasteiger partial charge is 0.237 e. The molecular formula is C12H26N2O2. The van der Waals surface area contributed by atoms with Gasteiger partial charge in [-0.1, -0.05) is 27.7 Å². The van der Waals surface area contributed by atoms with Crippen LogP contribution in [0.3, 0.4) is 0 Å². The Morgan fingerprint density at radius 3 is 2.38 bits per heavy atom. The lowest BCUT2D eigenvalue weighted by Crippen LogP contribution is -2.42. The zero-order valence-corrected chi connectivity index (χ0v) is 11.0. The standard InChI is InChI=1S/C12H26N2O2/c1-9(2)7-11(13)12(15)14-5-6-16-8-10(3)4/h9-11H,5-8,13H2,1-4H3,(H,14,15)/t11-/m0/s1. The lowest BCUT2D eigenvalue weighted by atomic mass is 10.0. The van der Waals surface area contributed by atoms with Gasteiger partial charge in [0.05, 0.1) is 12.6 Å². The van der Waals surface area contributed by atoms with Crippen LogP contribution in [0.5, 0.6) is 0 Å². The molecule has 0 unspecified atom stereocenters. The van der Waals surface area contributed by atoms with Crippen LogP contribution in [-0.4, -0.2) is 31.7 Å². The second-order valence-electron chi connectivity index (χ2n) is 5.00. The minimum Gasteiger partial charge on any atom is -0.379 e. The molecule has 0 saturated carbocycles. The summed E-state index contributed by atoms with van der Waals surface area (Å²) < 4.78 is 5.35. The minimum absolute atomic E-state index is 0.0816. The van der Waals surface area contributed by atoms with Gasteiger partial charge in [-0.25, -0.2) is 0 Å². The maximum absolute atomic E-state index is 11.5. The summed E-state index contributed by atoms with van der Waals surface area (Å²) in [4.78, 5) is 11.5. The third-order valence-electron chi connectivity index (χ3n) is 2.06. The van der Waals surface area contributed by atoms with Gasteiger partial charge in [-0.2, -0.15) is 0 Å². The molecule has 3 N–H and O–H groups in total. The SMILES string of the molecule is CC(C)COCCNC(=O)[C@@H](N)CC(C)C. The first-order valence-corrected chi connectivity index (χ1v) is 6.04. The van der Waals surface area contributed by atoms with Crippen molar-refractivity contribution in [2.24, 2.45) is 17.6 Å². The average molecular weight is 230 g/mol. The molecule has 0 aliphatic carbocycles. The molecule has 0 spiro atoms. The van der Waals surface area contributed by atoms with Gasteiger partial charge in [0.25, 0.3) is 0 Å². The Morgan fingerprint density at radius 1 is 1.25 bits per heavy atom.